The molecule has 0 aromatic heterocycles. The van der Waals surface area contributed by atoms with Crippen LogP contribution in [-0.4, -0.2) is 57.1 Å². The van der Waals surface area contributed by atoms with Crippen molar-refractivity contribution in [2.45, 2.75) is 40.2 Å². The van der Waals surface area contributed by atoms with Gasteiger partial charge in [0.15, 0.2) is 0 Å². The lowest BCUT2D eigenvalue weighted by molar-refractivity contribution is -0.146. The number of ether oxygens (including phenoxy) is 1. The topological polar surface area (TPSA) is 141 Å². The molecule has 0 saturated heterocycles. The van der Waals surface area contributed by atoms with E-state index < -0.39 is 29.4 Å². The minimum absolute atomic E-state index is 0.0509. The number of hydrogen-bond donors (Lipinski definition) is 4. The Morgan fingerprint density at radius 1 is 1.05 bits per heavy atom. The number of carbonyl (C=O) groups excluding carboxylic acids is 1. The van der Waals surface area contributed by atoms with Crippen molar-refractivity contribution in [2.24, 2.45) is 5.92 Å². The number of aliphatic carboxylic acids is 2. The summed E-state index contributed by atoms with van der Waals surface area (Å²) in [4.78, 5) is 28.4. The average Bonchev–Trinajstić information content (AvgIpc) is 2.13. The van der Waals surface area contributed by atoms with Crippen LogP contribution in [-0.2, 0) is 19.1 Å². The van der Waals surface area contributed by atoms with Crippen LogP contribution in [0.3, 0.4) is 0 Å². The molecule has 0 aliphatic rings. The molecule has 0 heterocycles. The average molecular weight is 296 g/mol. The molecule has 1 atom stereocenters. The first kappa shape index (κ1) is 23.4. The Bertz CT molecular complexity index is 272. The zero-order valence-corrected chi connectivity index (χ0v) is 12.4. The molecule has 0 saturated carbocycles. The van der Waals surface area contributed by atoms with Gasteiger partial charge in [-0.3, -0.25) is 14.4 Å². The SMILES string of the molecule is CC(=O)O.CC(=O)O.CC(=O)OCC(CO)C(C)(C)O. The van der Waals surface area contributed by atoms with Crippen LogP contribution in [0.25, 0.3) is 0 Å². The van der Waals surface area contributed by atoms with Crippen molar-refractivity contribution in [3.63, 3.8) is 0 Å². The van der Waals surface area contributed by atoms with Gasteiger partial charge in [0, 0.05) is 26.7 Å². The van der Waals surface area contributed by atoms with Crippen molar-refractivity contribution in [3.05, 3.63) is 0 Å². The van der Waals surface area contributed by atoms with E-state index in [2.05, 4.69) is 4.74 Å². The number of hydrogen-bond acceptors (Lipinski definition) is 6. The highest BCUT2D eigenvalue weighted by Gasteiger charge is 2.26. The number of aliphatic hydroxyl groups is 2. The third-order valence-electron chi connectivity index (χ3n) is 1.71. The number of carboxylic acids is 2. The second-order valence-corrected chi connectivity index (χ2v) is 4.37. The predicted octanol–water partition coefficient (Wildman–Crippen LogP) is 0.111. The van der Waals surface area contributed by atoms with Crippen LogP contribution < -0.4 is 0 Å². The van der Waals surface area contributed by atoms with Crippen LogP contribution in [0.5, 0.6) is 0 Å². The van der Waals surface area contributed by atoms with E-state index >= 15 is 0 Å². The Morgan fingerprint density at radius 2 is 1.35 bits per heavy atom. The summed E-state index contributed by atoms with van der Waals surface area (Å²) >= 11 is 0. The molecule has 20 heavy (non-hydrogen) atoms. The summed E-state index contributed by atoms with van der Waals surface area (Å²) in [5.74, 6) is -2.50. The van der Waals surface area contributed by atoms with Crippen molar-refractivity contribution in [2.75, 3.05) is 13.2 Å². The van der Waals surface area contributed by atoms with Gasteiger partial charge in [-0.25, -0.2) is 0 Å². The van der Waals surface area contributed by atoms with Crippen LogP contribution in [0.2, 0.25) is 0 Å². The van der Waals surface area contributed by atoms with E-state index in [1.807, 2.05) is 0 Å². The van der Waals surface area contributed by atoms with Gasteiger partial charge in [0.05, 0.1) is 18.8 Å². The molecule has 120 valence electrons. The molecule has 0 bridgehead atoms. The molecule has 0 amide bonds. The van der Waals surface area contributed by atoms with Gasteiger partial charge in [0.25, 0.3) is 11.9 Å². The highest BCUT2D eigenvalue weighted by molar-refractivity contribution is 5.65. The lowest BCUT2D eigenvalue weighted by Gasteiger charge is -2.26. The Morgan fingerprint density at radius 3 is 1.50 bits per heavy atom. The lowest BCUT2D eigenvalue weighted by Crippen LogP contribution is -2.37. The molecule has 0 aliphatic heterocycles. The van der Waals surface area contributed by atoms with Gasteiger partial charge in [0.1, 0.15) is 0 Å². The number of aliphatic hydroxyl groups excluding tert-OH is 1. The van der Waals surface area contributed by atoms with Crippen molar-refractivity contribution >= 4 is 17.9 Å². The summed E-state index contributed by atoms with van der Waals surface area (Å²) in [5, 5.41) is 33.1. The van der Waals surface area contributed by atoms with Crippen molar-refractivity contribution in [1.29, 1.82) is 0 Å². The quantitative estimate of drug-likeness (QED) is 0.535. The van der Waals surface area contributed by atoms with E-state index in [4.69, 9.17) is 24.9 Å². The number of carboxylic acid groups (broad SMARTS) is 2. The maximum Gasteiger partial charge on any atom is 0.302 e. The van der Waals surface area contributed by atoms with Crippen molar-refractivity contribution in [3.8, 4) is 0 Å². The standard InChI is InChI=1S/C8H16O4.2C2H4O2/c1-6(10)12-5-7(4-9)8(2,3)11;2*1-2(3)4/h7,9,11H,4-5H2,1-3H3;2*1H3,(H,3,4). The number of carbonyl (C=O) groups is 3. The van der Waals surface area contributed by atoms with Crippen molar-refractivity contribution < 1.29 is 39.5 Å². The summed E-state index contributed by atoms with van der Waals surface area (Å²) < 4.78 is 4.66. The largest absolute Gasteiger partial charge is 0.481 e. The minimum atomic E-state index is -1.02. The van der Waals surface area contributed by atoms with Crippen LogP contribution in [0.4, 0.5) is 0 Å². The fourth-order valence-corrected chi connectivity index (χ4v) is 0.698. The summed E-state index contributed by atoms with van der Waals surface area (Å²) in [6.07, 6.45) is 0. The van der Waals surface area contributed by atoms with Gasteiger partial charge in [-0.05, 0) is 13.8 Å². The Labute approximate surface area is 118 Å². The Balaban J connectivity index is -0.000000297. The summed E-state index contributed by atoms with van der Waals surface area (Å²) in [7, 11) is 0. The summed E-state index contributed by atoms with van der Waals surface area (Å²) in [6.45, 7) is 6.44. The second-order valence-electron chi connectivity index (χ2n) is 4.37. The van der Waals surface area contributed by atoms with E-state index in [1.54, 1.807) is 13.8 Å². The molecule has 8 heteroatoms. The molecule has 1 unspecified atom stereocenters. The maximum atomic E-state index is 10.4. The molecule has 4 N–H and O–H groups in total. The second kappa shape index (κ2) is 12.4. The van der Waals surface area contributed by atoms with Crippen molar-refractivity contribution in [1.82, 2.24) is 0 Å². The molecule has 0 fully saturated rings. The van der Waals surface area contributed by atoms with Crippen LogP contribution >= 0.6 is 0 Å². The number of esters is 1. The number of rotatable bonds is 4. The molecule has 0 spiro atoms. The first-order chi connectivity index (χ1) is 8.84. The molecular formula is C12H24O8. The van der Waals surface area contributed by atoms with Gasteiger partial charge in [-0.1, -0.05) is 0 Å². The van der Waals surface area contributed by atoms with Gasteiger partial charge in [-0.15, -0.1) is 0 Å². The molecule has 8 nitrogen and oxygen atoms in total. The monoisotopic (exact) mass is 296 g/mol. The molecule has 0 aromatic carbocycles. The normalized spacial score (nSPS) is 10.9. The zero-order chi connectivity index (χ0) is 16.9. The fraction of sp³-hybridized carbons (Fsp3) is 0.750. The maximum absolute atomic E-state index is 10.4. The van der Waals surface area contributed by atoms with Gasteiger partial charge >= 0.3 is 5.97 Å². The van der Waals surface area contributed by atoms with Crippen LogP contribution in [0.15, 0.2) is 0 Å². The van der Waals surface area contributed by atoms with Gasteiger partial charge in [0.2, 0.25) is 0 Å². The first-order valence-corrected chi connectivity index (χ1v) is 5.70. The molecule has 0 aliphatic carbocycles. The van der Waals surface area contributed by atoms with E-state index in [-0.39, 0.29) is 13.2 Å². The van der Waals surface area contributed by atoms with Crippen LogP contribution in [0.1, 0.15) is 34.6 Å². The third kappa shape index (κ3) is 29.9. The highest BCUT2D eigenvalue weighted by atomic mass is 16.5. The Kier molecular flexibility index (Phi) is 14.5. The minimum Gasteiger partial charge on any atom is -0.481 e. The Hall–Kier alpha value is -1.67. The smallest absolute Gasteiger partial charge is 0.302 e. The summed E-state index contributed by atoms with van der Waals surface area (Å²) in [6, 6.07) is 0. The fourth-order valence-electron chi connectivity index (χ4n) is 0.698. The van der Waals surface area contributed by atoms with E-state index in [1.165, 1.54) is 6.92 Å². The van der Waals surface area contributed by atoms with Crippen LogP contribution in [0, 0.1) is 5.92 Å². The molecule has 0 rings (SSSR count). The first-order valence-electron chi connectivity index (χ1n) is 5.70. The highest BCUT2D eigenvalue weighted by Crippen LogP contribution is 2.15. The zero-order valence-electron chi connectivity index (χ0n) is 12.4. The third-order valence-corrected chi connectivity index (χ3v) is 1.71. The molecular weight excluding hydrogens is 272 g/mol. The van der Waals surface area contributed by atoms with Gasteiger partial charge < -0.3 is 25.2 Å². The lowest BCUT2D eigenvalue weighted by atomic mass is 9.93. The predicted molar refractivity (Wildman–Crippen MR) is 70.1 cm³/mol. The molecule has 0 radical (unpaired) electrons. The van der Waals surface area contributed by atoms with Gasteiger partial charge in [-0.2, -0.15) is 0 Å². The van der Waals surface area contributed by atoms with E-state index in [9.17, 15) is 9.90 Å². The molecule has 0 aromatic rings. The van der Waals surface area contributed by atoms with E-state index in [0.717, 1.165) is 13.8 Å². The van der Waals surface area contributed by atoms with E-state index in [0.29, 0.717) is 0 Å². The summed E-state index contributed by atoms with van der Waals surface area (Å²) in [5.41, 5.74) is -1.02.